The Morgan fingerprint density at radius 1 is 0.769 bits per heavy atom. The van der Waals surface area contributed by atoms with Crippen LogP contribution < -0.4 is 0 Å². The molecular formula is C11H12O2. The number of ketones is 2. The highest BCUT2D eigenvalue weighted by Gasteiger charge is 2.69. The molecule has 2 heteroatoms. The van der Waals surface area contributed by atoms with Gasteiger partial charge >= 0.3 is 0 Å². The van der Waals surface area contributed by atoms with Crippen LogP contribution in [0.4, 0.5) is 0 Å². The lowest BCUT2D eigenvalue weighted by Crippen LogP contribution is -2.26. The van der Waals surface area contributed by atoms with E-state index in [2.05, 4.69) is 0 Å². The summed E-state index contributed by atoms with van der Waals surface area (Å²) >= 11 is 0. The molecule has 0 N–H and O–H groups in total. The largest absolute Gasteiger partial charge is 0.299 e. The lowest BCUT2D eigenvalue weighted by atomic mass is 9.79. The van der Waals surface area contributed by atoms with Gasteiger partial charge in [0.25, 0.3) is 0 Å². The maximum absolute atomic E-state index is 11.7. The van der Waals surface area contributed by atoms with Gasteiger partial charge in [0.1, 0.15) is 11.6 Å². The molecule has 13 heavy (non-hydrogen) atoms. The third-order valence-corrected chi connectivity index (χ3v) is 5.12. The van der Waals surface area contributed by atoms with E-state index < -0.39 is 0 Å². The van der Waals surface area contributed by atoms with Gasteiger partial charge in [-0.25, -0.2) is 0 Å². The first kappa shape index (κ1) is 6.74. The average molecular weight is 176 g/mol. The zero-order valence-corrected chi connectivity index (χ0v) is 7.40. The van der Waals surface area contributed by atoms with E-state index in [1.165, 1.54) is 6.42 Å². The Labute approximate surface area is 76.7 Å². The summed E-state index contributed by atoms with van der Waals surface area (Å²) in [6, 6.07) is 0. The summed E-state index contributed by atoms with van der Waals surface area (Å²) in [6.45, 7) is 0. The Morgan fingerprint density at radius 3 is 1.69 bits per heavy atom. The normalized spacial score (nSPS) is 61.2. The molecule has 0 aromatic rings. The van der Waals surface area contributed by atoms with Crippen molar-refractivity contribution in [1.82, 2.24) is 0 Å². The van der Waals surface area contributed by atoms with Crippen LogP contribution in [0.15, 0.2) is 0 Å². The van der Waals surface area contributed by atoms with Crippen molar-refractivity contribution in [3.05, 3.63) is 0 Å². The van der Waals surface area contributed by atoms with E-state index >= 15 is 0 Å². The zero-order valence-electron chi connectivity index (χ0n) is 7.40. The second kappa shape index (κ2) is 1.75. The average Bonchev–Trinajstić information content (AvgIpc) is 2.67. The first-order chi connectivity index (χ1) is 6.27. The van der Waals surface area contributed by atoms with Gasteiger partial charge in [0.05, 0.1) is 0 Å². The molecule has 0 saturated heterocycles. The topological polar surface area (TPSA) is 34.1 Å². The first-order valence-corrected chi connectivity index (χ1v) is 5.33. The van der Waals surface area contributed by atoms with Crippen LogP contribution in [0.3, 0.4) is 0 Å². The van der Waals surface area contributed by atoms with Crippen LogP contribution >= 0.6 is 0 Å². The zero-order chi connectivity index (χ0) is 8.74. The Balaban J connectivity index is 1.94. The van der Waals surface area contributed by atoms with Gasteiger partial charge in [0.15, 0.2) is 0 Å². The summed E-state index contributed by atoms with van der Waals surface area (Å²) in [5.74, 6) is 3.67. The van der Waals surface area contributed by atoms with Crippen molar-refractivity contribution < 1.29 is 9.59 Å². The van der Waals surface area contributed by atoms with Crippen LogP contribution in [-0.2, 0) is 9.59 Å². The summed E-state index contributed by atoms with van der Waals surface area (Å²) in [7, 11) is 0. The van der Waals surface area contributed by atoms with E-state index in [9.17, 15) is 9.59 Å². The molecule has 2 bridgehead atoms. The smallest absolute Gasteiger partial charge is 0.137 e. The van der Waals surface area contributed by atoms with E-state index in [1.54, 1.807) is 0 Å². The molecule has 0 spiro atoms. The lowest BCUT2D eigenvalue weighted by molar-refractivity contribution is -0.129. The maximum Gasteiger partial charge on any atom is 0.137 e. The molecule has 0 radical (unpaired) electrons. The summed E-state index contributed by atoms with van der Waals surface area (Å²) in [5, 5.41) is 0. The Kier molecular flexibility index (Phi) is 0.907. The van der Waals surface area contributed by atoms with Gasteiger partial charge < -0.3 is 0 Å². The van der Waals surface area contributed by atoms with Crippen LogP contribution in [0.1, 0.15) is 19.3 Å². The van der Waals surface area contributed by atoms with Gasteiger partial charge in [0.2, 0.25) is 0 Å². The molecule has 0 amide bonds. The highest BCUT2D eigenvalue weighted by molar-refractivity contribution is 5.96. The van der Waals surface area contributed by atoms with Crippen LogP contribution in [0.5, 0.6) is 0 Å². The molecule has 0 heterocycles. The second-order valence-corrected chi connectivity index (χ2v) is 5.28. The van der Waals surface area contributed by atoms with Crippen molar-refractivity contribution in [2.45, 2.75) is 19.3 Å². The SMILES string of the molecule is O=C1C[C@H]2[C@H]3CC(=O)[C@H]4[C@@H]3C[C@@H]2[C@@H]14. The van der Waals surface area contributed by atoms with Crippen LogP contribution in [0, 0.1) is 35.5 Å². The van der Waals surface area contributed by atoms with E-state index in [0.717, 1.165) is 12.8 Å². The molecule has 68 valence electrons. The van der Waals surface area contributed by atoms with Gasteiger partial charge in [-0.15, -0.1) is 0 Å². The van der Waals surface area contributed by atoms with Crippen molar-refractivity contribution in [2.75, 3.05) is 0 Å². The van der Waals surface area contributed by atoms with Crippen molar-refractivity contribution in [2.24, 2.45) is 35.5 Å². The number of fused-ring (bicyclic) bond motifs is 2. The maximum atomic E-state index is 11.7. The Hall–Kier alpha value is -0.660. The number of hydrogen-bond acceptors (Lipinski definition) is 2. The van der Waals surface area contributed by atoms with Crippen molar-refractivity contribution in [3.63, 3.8) is 0 Å². The standard InChI is InChI=1S/C11H12O2/c12-8-2-4-5-3-9(13)11-7(5)1-6(4)10(8)11/h4-7,10-11H,1-3H2/t4-,5+,6-,7+,10-,11+. The predicted octanol–water partition coefficient (Wildman–Crippen LogP) is 1.05. The predicted molar refractivity (Wildman–Crippen MR) is 44.8 cm³/mol. The molecule has 0 aromatic carbocycles. The van der Waals surface area contributed by atoms with Crippen molar-refractivity contribution in [3.8, 4) is 0 Å². The lowest BCUT2D eigenvalue weighted by Gasteiger charge is -2.22. The fourth-order valence-electron chi connectivity index (χ4n) is 4.88. The molecular weight excluding hydrogens is 164 g/mol. The Bertz CT molecular complexity index is 297. The molecule has 0 aliphatic heterocycles. The fourth-order valence-corrected chi connectivity index (χ4v) is 4.88. The number of carbonyl (C=O) groups is 2. The summed E-state index contributed by atoms with van der Waals surface area (Å²) in [6.07, 6.45) is 2.81. The Morgan fingerprint density at radius 2 is 1.23 bits per heavy atom. The quantitative estimate of drug-likeness (QED) is 0.552. The van der Waals surface area contributed by atoms with E-state index in [1.807, 2.05) is 0 Å². The molecule has 4 aliphatic rings. The summed E-state index contributed by atoms with van der Waals surface area (Å²) < 4.78 is 0. The van der Waals surface area contributed by atoms with Gasteiger partial charge in [-0.3, -0.25) is 9.59 Å². The molecule has 6 atom stereocenters. The monoisotopic (exact) mass is 176 g/mol. The first-order valence-electron chi connectivity index (χ1n) is 5.33. The molecule has 2 nitrogen and oxygen atoms in total. The number of hydrogen-bond donors (Lipinski definition) is 0. The van der Waals surface area contributed by atoms with Gasteiger partial charge in [-0.05, 0) is 30.1 Å². The molecule has 4 saturated carbocycles. The van der Waals surface area contributed by atoms with Crippen LogP contribution in [0.25, 0.3) is 0 Å². The van der Waals surface area contributed by atoms with Crippen molar-refractivity contribution in [1.29, 1.82) is 0 Å². The van der Waals surface area contributed by atoms with Crippen molar-refractivity contribution >= 4 is 11.6 Å². The minimum atomic E-state index is 0.182. The van der Waals surface area contributed by atoms with E-state index in [4.69, 9.17) is 0 Å². The van der Waals surface area contributed by atoms with E-state index in [0.29, 0.717) is 35.2 Å². The van der Waals surface area contributed by atoms with Gasteiger partial charge in [0, 0.05) is 24.7 Å². The third kappa shape index (κ3) is 0.527. The van der Waals surface area contributed by atoms with Gasteiger partial charge in [-0.2, -0.15) is 0 Å². The number of carbonyl (C=O) groups excluding carboxylic acids is 2. The summed E-state index contributed by atoms with van der Waals surface area (Å²) in [5.41, 5.74) is 0. The molecule has 0 aromatic heterocycles. The fraction of sp³-hybridized carbons (Fsp3) is 0.818. The minimum absolute atomic E-state index is 0.182. The molecule has 0 unspecified atom stereocenters. The van der Waals surface area contributed by atoms with Gasteiger partial charge in [-0.1, -0.05) is 0 Å². The minimum Gasteiger partial charge on any atom is -0.299 e. The summed E-state index contributed by atoms with van der Waals surface area (Å²) in [4.78, 5) is 23.4. The highest BCUT2D eigenvalue weighted by Crippen LogP contribution is 2.68. The second-order valence-electron chi connectivity index (χ2n) is 5.28. The molecule has 4 fully saturated rings. The highest BCUT2D eigenvalue weighted by atomic mass is 16.1. The van der Waals surface area contributed by atoms with Crippen LogP contribution in [0.2, 0.25) is 0 Å². The van der Waals surface area contributed by atoms with E-state index in [-0.39, 0.29) is 11.8 Å². The molecule has 4 aliphatic carbocycles. The number of Topliss-reactive ketones (excluding diaryl/α,β-unsaturated/α-hetero) is 2. The molecule has 4 rings (SSSR count). The van der Waals surface area contributed by atoms with Crippen LogP contribution in [-0.4, -0.2) is 11.6 Å². The third-order valence-electron chi connectivity index (χ3n) is 5.12. The number of rotatable bonds is 0.